The fraction of sp³-hybridized carbons (Fsp3) is 0.412. The highest BCUT2D eigenvalue weighted by Gasteiger charge is 2.30. The van der Waals surface area contributed by atoms with Crippen molar-refractivity contribution in [2.24, 2.45) is 5.92 Å². The van der Waals surface area contributed by atoms with E-state index in [0.29, 0.717) is 36.3 Å². The molecule has 122 valence electrons. The Hall–Kier alpha value is -2.37. The first kappa shape index (κ1) is 15.5. The number of rotatable bonds is 3. The number of aromatic amines is 1. The van der Waals surface area contributed by atoms with E-state index >= 15 is 0 Å². The van der Waals surface area contributed by atoms with E-state index in [0.717, 1.165) is 12.8 Å². The Morgan fingerprint density at radius 1 is 1.39 bits per heavy atom. The van der Waals surface area contributed by atoms with Crippen molar-refractivity contribution in [3.8, 4) is 0 Å². The van der Waals surface area contributed by atoms with Crippen LogP contribution in [0.15, 0.2) is 24.3 Å². The van der Waals surface area contributed by atoms with E-state index in [4.69, 9.17) is 4.74 Å². The normalized spacial score (nSPS) is 18.2. The molecule has 1 fully saturated rings. The summed E-state index contributed by atoms with van der Waals surface area (Å²) in [6.45, 7) is 3.09. The van der Waals surface area contributed by atoms with Crippen molar-refractivity contribution in [1.29, 1.82) is 0 Å². The molecule has 2 heterocycles. The highest BCUT2D eigenvalue weighted by Crippen LogP contribution is 2.22. The van der Waals surface area contributed by atoms with Gasteiger partial charge < -0.3 is 14.6 Å². The molecule has 0 unspecified atom stereocenters. The molecular formula is C17H19FN2O3. The van der Waals surface area contributed by atoms with E-state index < -0.39 is 0 Å². The van der Waals surface area contributed by atoms with Crippen LogP contribution in [0.25, 0.3) is 10.9 Å². The lowest BCUT2D eigenvalue weighted by Gasteiger charge is -2.31. The lowest BCUT2D eigenvalue weighted by molar-refractivity contribution is -0.149. The summed E-state index contributed by atoms with van der Waals surface area (Å²) in [6, 6.07) is 6.00. The zero-order valence-corrected chi connectivity index (χ0v) is 13.0. The van der Waals surface area contributed by atoms with Crippen molar-refractivity contribution >= 4 is 22.8 Å². The molecule has 0 aliphatic carbocycles. The first-order chi connectivity index (χ1) is 11.1. The minimum Gasteiger partial charge on any atom is -0.466 e. The van der Waals surface area contributed by atoms with Gasteiger partial charge in [-0.1, -0.05) is 0 Å². The number of fused-ring (bicyclic) bond motifs is 1. The highest BCUT2D eigenvalue weighted by atomic mass is 19.1. The zero-order chi connectivity index (χ0) is 16.4. The standard InChI is InChI=1S/C17H19FN2O3/c1-2-23-17(22)11-4-3-7-20(10-11)16(21)15-9-12-8-13(18)5-6-14(12)19-15/h5-6,8-9,11,19H,2-4,7,10H2,1H3/t11-/m0/s1. The third-order valence-electron chi connectivity index (χ3n) is 4.14. The van der Waals surface area contributed by atoms with Gasteiger partial charge in [-0.05, 0) is 44.0 Å². The number of hydrogen-bond donors (Lipinski definition) is 1. The summed E-state index contributed by atoms with van der Waals surface area (Å²) in [6.07, 6.45) is 1.50. The molecule has 1 saturated heterocycles. The molecule has 1 aromatic carbocycles. The quantitative estimate of drug-likeness (QED) is 0.885. The molecule has 2 aromatic rings. The number of ether oxygens (including phenoxy) is 1. The van der Waals surface area contributed by atoms with E-state index in [1.54, 1.807) is 24.0 Å². The van der Waals surface area contributed by atoms with Crippen LogP contribution < -0.4 is 0 Å². The second-order valence-corrected chi connectivity index (χ2v) is 5.76. The highest BCUT2D eigenvalue weighted by molar-refractivity contribution is 5.98. The van der Waals surface area contributed by atoms with Gasteiger partial charge >= 0.3 is 5.97 Å². The SMILES string of the molecule is CCOC(=O)[C@H]1CCCN(C(=O)c2cc3cc(F)ccc3[nH]2)C1. The average molecular weight is 318 g/mol. The van der Waals surface area contributed by atoms with Crippen molar-refractivity contribution in [2.45, 2.75) is 19.8 Å². The first-order valence-corrected chi connectivity index (χ1v) is 7.82. The van der Waals surface area contributed by atoms with Crippen molar-refractivity contribution in [3.63, 3.8) is 0 Å². The number of esters is 1. The van der Waals surface area contributed by atoms with Gasteiger partial charge in [0.1, 0.15) is 11.5 Å². The largest absolute Gasteiger partial charge is 0.466 e. The van der Waals surface area contributed by atoms with Crippen LogP contribution in [0.4, 0.5) is 4.39 Å². The zero-order valence-electron chi connectivity index (χ0n) is 13.0. The van der Waals surface area contributed by atoms with Gasteiger partial charge in [0.15, 0.2) is 0 Å². The van der Waals surface area contributed by atoms with Crippen LogP contribution in [0.1, 0.15) is 30.3 Å². The molecule has 1 aromatic heterocycles. The summed E-state index contributed by atoms with van der Waals surface area (Å²) in [5, 5.41) is 0.660. The third kappa shape index (κ3) is 3.21. The predicted octanol–water partition coefficient (Wildman–Crippen LogP) is 2.72. The van der Waals surface area contributed by atoms with E-state index in [2.05, 4.69) is 4.98 Å². The van der Waals surface area contributed by atoms with Crippen LogP contribution in [0, 0.1) is 11.7 Å². The summed E-state index contributed by atoms with van der Waals surface area (Å²) in [4.78, 5) is 29.2. The van der Waals surface area contributed by atoms with Crippen molar-refractivity contribution in [3.05, 3.63) is 35.8 Å². The molecule has 0 spiro atoms. The summed E-state index contributed by atoms with van der Waals surface area (Å²) in [5.74, 6) is -1.02. The van der Waals surface area contributed by atoms with Gasteiger partial charge in [0.2, 0.25) is 0 Å². The number of carbonyl (C=O) groups is 2. The van der Waals surface area contributed by atoms with Crippen LogP contribution in [-0.4, -0.2) is 41.5 Å². The Balaban J connectivity index is 1.77. The number of likely N-dealkylation sites (tertiary alicyclic amines) is 1. The van der Waals surface area contributed by atoms with Crippen molar-refractivity contribution < 1.29 is 18.7 Å². The second-order valence-electron chi connectivity index (χ2n) is 5.76. The predicted molar refractivity (Wildman–Crippen MR) is 83.5 cm³/mol. The van der Waals surface area contributed by atoms with E-state index in [-0.39, 0.29) is 23.6 Å². The fourth-order valence-electron chi connectivity index (χ4n) is 3.00. The van der Waals surface area contributed by atoms with Gasteiger partial charge in [-0.25, -0.2) is 4.39 Å². The summed E-state index contributed by atoms with van der Waals surface area (Å²) in [5.41, 5.74) is 1.13. The van der Waals surface area contributed by atoms with Crippen LogP contribution in [0.2, 0.25) is 0 Å². The molecule has 0 saturated carbocycles. The van der Waals surface area contributed by atoms with Gasteiger partial charge in [0.25, 0.3) is 5.91 Å². The number of halogens is 1. The number of benzene rings is 1. The topological polar surface area (TPSA) is 62.4 Å². The van der Waals surface area contributed by atoms with Crippen LogP contribution >= 0.6 is 0 Å². The fourth-order valence-corrected chi connectivity index (χ4v) is 3.00. The number of nitrogens with one attached hydrogen (secondary N) is 1. The second kappa shape index (κ2) is 6.40. The molecule has 1 aliphatic heterocycles. The monoisotopic (exact) mass is 318 g/mol. The van der Waals surface area contributed by atoms with E-state index in [1.807, 2.05) is 0 Å². The van der Waals surface area contributed by atoms with E-state index in [9.17, 15) is 14.0 Å². The number of aromatic nitrogens is 1. The number of piperidine rings is 1. The Kier molecular flexibility index (Phi) is 4.32. The van der Waals surface area contributed by atoms with Gasteiger partial charge in [-0.3, -0.25) is 9.59 Å². The molecule has 5 nitrogen and oxygen atoms in total. The van der Waals surface area contributed by atoms with Gasteiger partial charge in [-0.15, -0.1) is 0 Å². The molecule has 6 heteroatoms. The maximum Gasteiger partial charge on any atom is 0.310 e. The number of H-pyrrole nitrogens is 1. The molecule has 0 bridgehead atoms. The molecule has 23 heavy (non-hydrogen) atoms. The number of carbonyl (C=O) groups excluding carboxylic acids is 2. The molecule has 3 rings (SSSR count). The van der Waals surface area contributed by atoms with Gasteiger partial charge in [0, 0.05) is 24.0 Å². The summed E-state index contributed by atoms with van der Waals surface area (Å²) >= 11 is 0. The first-order valence-electron chi connectivity index (χ1n) is 7.82. The molecule has 1 amide bonds. The smallest absolute Gasteiger partial charge is 0.310 e. The third-order valence-corrected chi connectivity index (χ3v) is 4.14. The van der Waals surface area contributed by atoms with E-state index in [1.165, 1.54) is 12.1 Å². The Morgan fingerprint density at radius 2 is 2.22 bits per heavy atom. The van der Waals surface area contributed by atoms with Crippen LogP contribution in [0.3, 0.4) is 0 Å². The Morgan fingerprint density at radius 3 is 3.00 bits per heavy atom. The number of amides is 1. The average Bonchev–Trinajstić information content (AvgIpc) is 2.97. The summed E-state index contributed by atoms with van der Waals surface area (Å²) in [7, 11) is 0. The summed E-state index contributed by atoms with van der Waals surface area (Å²) < 4.78 is 18.3. The molecule has 1 atom stereocenters. The molecular weight excluding hydrogens is 299 g/mol. The number of nitrogens with zero attached hydrogens (tertiary/aromatic N) is 1. The maximum atomic E-state index is 13.3. The van der Waals surface area contributed by atoms with Crippen molar-refractivity contribution in [1.82, 2.24) is 9.88 Å². The van der Waals surface area contributed by atoms with Gasteiger partial charge in [0.05, 0.1) is 12.5 Å². The van der Waals surface area contributed by atoms with Crippen molar-refractivity contribution in [2.75, 3.05) is 19.7 Å². The maximum absolute atomic E-state index is 13.3. The van der Waals surface area contributed by atoms with Crippen LogP contribution in [0.5, 0.6) is 0 Å². The molecule has 1 aliphatic rings. The Bertz CT molecular complexity index is 741. The van der Waals surface area contributed by atoms with Gasteiger partial charge in [-0.2, -0.15) is 0 Å². The minimum atomic E-state index is -0.337. The Labute approximate surface area is 133 Å². The number of hydrogen-bond acceptors (Lipinski definition) is 3. The molecule has 1 N–H and O–H groups in total. The lowest BCUT2D eigenvalue weighted by Crippen LogP contribution is -2.42. The molecule has 0 radical (unpaired) electrons. The lowest BCUT2D eigenvalue weighted by atomic mass is 9.98. The minimum absolute atomic E-state index is 0.171. The van der Waals surface area contributed by atoms with Crippen LogP contribution in [-0.2, 0) is 9.53 Å².